The van der Waals surface area contributed by atoms with Crippen molar-refractivity contribution >= 4 is 49.4 Å². The Morgan fingerprint density at radius 1 is 1.19 bits per heavy atom. The van der Waals surface area contributed by atoms with E-state index >= 15 is 0 Å². The Bertz CT molecular complexity index is 851. The van der Waals surface area contributed by atoms with Crippen LogP contribution < -0.4 is 9.64 Å². The van der Waals surface area contributed by atoms with Gasteiger partial charge in [0.25, 0.3) is 0 Å². The molecule has 2 aromatic rings. The van der Waals surface area contributed by atoms with Crippen molar-refractivity contribution in [2.75, 3.05) is 18.6 Å². The summed E-state index contributed by atoms with van der Waals surface area (Å²) in [6, 6.07) is 11.2. The van der Waals surface area contributed by atoms with E-state index in [-0.39, 0.29) is 12.5 Å². The topological polar surface area (TPSA) is 55.8 Å². The first-order valence-corrected chi connectivity index (χ1v) is 9.64. The molecule has 1 aliphatic rings. The zero-order valence-corrected chi connectivity index (χ0v) is 17.5. The smallest absolute Gasteiger partial charge is 0.323 e. The summed E-state index contributed by atoms with van der Waals surface area (Å²) in [6.45, 7) is 2.31. The van der Waals surface area contributed by atoms with Crippen LogP contribution in [0.15, 0.2) is 45.3 Å². The maximum atomic E-state index is 13.0. The second-order valence-corrected chi connectivity index (χ2v) is 7.55. The molecule has 1 aliphatic heterocycles. The van der Waals surface area contributed by atoms with E-state index in [1.807, 2.05) is 36.4 Å². The van der Waals surface area contributed by atoms with Gasteiger partial charge < -0.3 is 14.4 Å². The Labute approximate surface area is 168 Å². The number of methoxy groups -OCH3 is 1. The fourth-order valence-electron chi connectivity index (χ4n) is 3.00. The molecule has 0 radical (unpaired) electrons. The van der Waals surface area contributed by atoms with Crippen LogP contribution in [0.5, 0.6) is 5.75 Å². The van der Waals surface area contributed by atoms with Gasteiger partial charge in [0.15, 0.2) is 5.92 Å². The van der Waals surface area contributed by atoms with E-state index in [1.165, 1.54) is 0 Å². The SMILES string of the molecule is CCOC(=O)C1C(=O)N(Cc2ccc(OC)cc2)c2cc(Br)cc(Br)c21. The lowest BCUT2D eigenvalue weighted by Gasteiger charge is -2.18. The lowest BCUT2D eigenvalue weighted by atomic mass is 10.0. The number of rotatable bonds is 5. The molecule has 1 amide bonds. The molecule has 0 saturated carbocycles. The number of hydrogen-bond donors (Lipinski definition) is 0. The lowest BCUT2D eigenvalue weighted by molar-refractivity contribution is -0.147. The quantitative estimate of drug-likeness (QED) is 0.467. The average Bonchev–Trinajstić information content (AvgIpc) is 2.88. The molecule has 2 aromatic carbocycles. The van der Waals surface area contributed by atoms with E-state index in [4.69, 9.17) is 9.47 Å². The lowest BCUT2D eigenvalue weighted by Crippen LogP contribution is -2.32. The van der Waals surface area contributed by atoms with Crippen LogP contribution in [0.3, 0.4) is 0 Å². The Balaban J connectivity index is 2.00. The molecule has 1 unspecified atom stereocenters. The molecule has 3 rings (SSSR count). The minimum atomic E-state index is -0.953. The molecule has 1 heterocycles. The van der Waals surface area contributed by atoms with Gasteiger partial charge in [-0.3, -0.25) is 9.59 Å². The van der Waals surface area contributed by atoms with Gasteiger partial charge in [-0.2, -0.15) is 0 Å². The number of nitrogens with zero attached hydrogens (tertiary/aromatic N) is 1. The molecule has 0 N–H and O–H groups in total. The second-order valence-electron chi connectivity index (χ2n) is 5.78. The van der Waals surface area contributed by atoms with Crippen molar-refractivity contribution in [1.82, 2.24) is 0 Å². The van der Waals surface area contributed by atoms with Gasteiger partial charge in [0, 0.05) is 14.5 Å². The highest BCUT2D eigenvalue weighted by molar-refractivity contribution is 9.11. The van der Waals surface area contributed by atoms with E-state index in [0.29, 0.717) is 22.3 Å². The van der Waals surface area contributed by atoms with E-state index in [2.05, 4.69) is 31.9 Å². The van der Waals surface area contributed by atoms with Crippen molar-refractivity contribution in [3.63, 3.8) is 0 Å². The number of halogens is 2. The number of fused-ring (bicyclic) bond motifs is 1. The van der Waals surface area contributed by atoms with Crippen molar-refractivity contribution in [2.24, 2.45) is 0 Å². The molecule has 0 saturated heterocycles. The number of carbonyl (C=O) groups excluding carboxylic acids is 2. The van der Waals surface area contributed by atoms with E-state index in [9.17, 15) is 9.59 Å². The van der Waals surface area contributed by atoms with Crippen LogP contribution in [0.1, 0.15) is 24.0 Å². The molecule has 0 aromatic heterocycles. The molecule has 0 aliphatic carbocycles. The first kappa shape index (κ1) is 18.9. The Morgan fingerprint density at radius 3 is 2.50 bits per heavy atom. The minimum Gasteiger partial charge on any atom is -0.497 e. The molecule has 0 fully saturated rings. The summed E-state index contributed by atoms with van der Waals surface area (Å²) in [5.41, 5.74) is 2.28. The van der Waals surface area contributed by atoms with Gasteiger partial charge in [-0.15, -0.1) is 0 Å². The van der Waals surface area contributed by atoms with Gasteiger partial charge >= 0.3 is 5.97 Å². The molecule has 0 spiro atoms. The summed E-state index contributed by atoms with van der Waals surface area (Å²) in [5, 5.41) is 0. The van der Waals surface area contributed by atoms with Crippen LogP contribution in [0.2, 0.25) is 0 Å². The highest BCUT2D eigenvalue weighted by atomic mass is 79.9. The fourth-order valence-corrected chi connectivity index (χ4v) is 4.43. The zero-order chi connectivity index (χ0) is 18.8. The van der Waals surface area contributed by atoms with Gasteiger partial charge in [0.1, 0.15) is 5.75 Å². The average molecular weight is 483 g/mol. The third kappa shape index (κ3) is 3.50. The standard InChI is InChI=1S/C19H17Br2NO4/c1-3-26-19(24)17-16-14(21)8-12(20)9-15(16)22(18(17)23)10-11-4-6-13(25-2)7-5-11/h4-9,17H,3,10H2,1-2H3. The van der Waals surface area contributed by atoms with Crippen molar-refractivity contribution in [2.45, 2.75) is 19.4 Å². The molecule has 136 valence electrons. The summed E-state index contributed by atoms with van der Waals surface area (Å²) in [6.07, 6.45) is 0. The van der Waals surface area contributed by atoms with Crippen LogP contribution in [-0.2, 0) is 20.9 Å². The summed E-state index contributed by atoms with van der Waals surface area (Å²) < 4.78 is 11.8. The van der Waals surface area contributed by atoms with Gasteiger partial charge in [0.2, 0.25) is 5.91 Å². The Kier molecular flexibility index (Phi) is 5.67. The van der Waals surface area contributed by atoms with Gasteiger partial charge in [0.05, 0.1) is 25.9 Å². The van der Waals surface area contributed by atoms with Crippen LogP contribution in [-0.4, -0.2) is 25.6 Å². The van der Waals surface area contributed by atoms with Gasteiger partial charge in [-0.05, 0) is 36.8 Å². The summed E-state index contributed by atoms with van der Waals surface area (Å²) in [4.78, 5) is 27.1. The highest BCUT2D eigenvalue weighted by Crippen LogP contribution is 2.45. The normalized spacial score (nSPS) is 15.8. The molecule has 26 heavy (non-hydrogen) atoms. The van der Waals surface area contributed by atoms with Gasteiger partial charge in [-0.25, -0.2) is 0 Å². The Hall–Kier alpha value is -1.86. The van der Waals surface area contributed by atoms with Crippen LogP contribution in [0.25, 0.3) is 0 Å². The summed E-state index contributed by atoms with van der Waals surface area (Å²) in [7, 11) is 1.61. The van der Waals surface area contributed by atoms with Crippen molar-refractivity contribution < 1.29 is 19.1 Å². The van der Waals surface area contributed by atoms with Crippen molar-refractivity contribution in [1.29, 1.82) is 0 Å². The summed E-state index contributed by atoms with van der Waals surface area (Å²) in [5.74, 6) is -1.02. The predicted octanol–water partition coefficient (Wildman–Crippen LogP) is 4.41. The number of amides is 1. The molecule has 5 nitrogen and oxygen atoms in total. The summed E-state index contributed by atoms with van der Waals surface area (Å²) >= 11 is 6.94. The molecule has 7 heteroatoms. The molecular weight excluding hydrogens is 466 g/mol. The third-order valence-electron chi connectivity index (χ3n) is 4.19. The number of ether oxygens (including phenoxy) is 2. The number of esters is 1. The van der Waals surface area contributed by atoms with Crippen LogP contribution in [0.4, 0.5) is 5.69 Å². The van der Waals surface area contributed by atoms with Crippen molar-refractivity contribution in [3.05, 3.63) is 56.5 Å². The maximum Gasteiger partial charge on any atom is 0.323 e. The highest BCUT2D eigenvalue weighted by Gasteiger charge is 2.44. The zero-order valence-electron chi connectivity index (χ0n) is 14.3. The first-order valence-electron chi connectivity index (χ1n) is 8.06. The van der Waals surface area contributed by atoms with E-state index in [1.54, 1.807) is 18.9 Å². The molecular formula is C19H17Br2NO4. The number of hydrogen-bond acceptors (Lipinski definition) is 4. The number of anilines is 1. The number of carbonyl (C=O) groups is 2. The second kappa shape index (κ2) is 7.80. The predicted molar refractivity (Wildman–Crippen MR) is 105 cm³/mol. The van der Waals surface area contributed by atoms with Gasteiger partial charge in [-0.1, -0.05) is 44.0 Å². The van der Waals surface area contributed by atoms with Crippen molar-refractivity contribution in [3.8, 4) is 5.75 Å². The monoisotopic (exact) mass is 481 g/mol. The molecule has 0 bridgehead atoms. The fraction of sp³-hybridized carbons (Fsp3) is 0.263. The van der Waals surface area contributed by atoms with E-state index in [0.717, 1.165) is 15.8 Å². The maximum absolute atomic E-state index is 13.0. The number of benzene rings is 2. The third-order valence-corrected chi connectivity index (χ3v) is 5.30. The van der Waals surface area contributed by atoms with Crippen LogP contribution >= 0.6 is 31.9 Å². The Morgan fingerprint density at radius 2 is 1.88 bits per heavy atom. The molecule has 1 atom stereocenters. The first-order chi connectivity index (χ1) is 12.5. The van der Waals surface area contributed by atoms with E-state index < -0.39 is 11.9 Å². The largest absolute Gasteiger partial charge is 0.497 e. The van der Waals surface area contributed by atoms with Crippen LogP contribution in [0, 0.1) is 0 Å². The minimum absolute atomic E-state index is 0.227.